The number of fused-ring (bicyclic) bond motifs is 1. The summed E-state index contributed by atoms with van der Waals surface area (Å²) in [6.45, 7) is -0.460. The minimum atomic E-state index is -0.460. The van der Waals surface area contributed by atoms with Gasteiger partial charge < -0.3 is 9.84 Å². The first-order chi connectivity index (χ1) is 13.1. The highest BCUT2D eigenvalue weighted by atomic mass is 32.2. The van der Waals surface area contributed by atoms with Crippen LogP contribution in [0.1, 0.15) is 5.56 Å². The van der Waals surface area contributed by atoms with Gasteiger partial charge in [-0.15, -0.1) is 0 Å². The molecule has 2 heterocycles. The molecule has 0 atom stereocenters. The van der Waals surface area contributed by atoms with Gasteiger partial charge >= 0.3 is 0 Å². The van der Waals surface area contributed by atoms with Crippen LogP contribution >= 0.6 is 24.0 Å². The maximum atomic E-state index is 13.1. The summed E-state index contributed by atoms with van der Waals surface area (Å²) in [5.41, 5.74) is 2.07. The molecule has 6 nitrogen and oxygen atoms in total. The summed E-state index contributed by atoms with van der Waals surface area (Å²) in [5, 5.41) is 9.58. The van der Waals surface area contributed by atoms with Crippen LogP contribution in [0.5, 0.6) is 5.75 Å². The Labute approximate surface area is 165 Å². The maximum Gasteiger partial charge on any atom is 0.271 e. The smallest absolute Gasteiger partial charge is 0.271 e. The SMILES string of the molecule is COc1ccc(N2C(=O)C(=C3C(=O)N(CO)c4ccccc43)SC2=S)cc1. The van der Waals surface area contributed by atoms with E-state index in [2.05, 4.69) is 0 Å². The molecule has 0 spiro atoms. The summed E-state index contributed by atoms with van der Waals surface area (Å²) in [5.74, 6) is -0.0944. The van der Waals surface area contributed by atoms with Gasteiger partial charge in [0.05, 0.1) is 29.0 Å². The second kappa shape index (κ2) is 6.80. The van der Waals surface area contributed by atoms with Gasteiger partial charge in [-0.3, -0.25) is 19.4 Å². The number of ether oxygens (including phenoxy) is 1. The van der Waals surface area contributed by atoms with Crippen LogP contribution in [0.15, 0.2) is 53.4 Å². The number of hydrogen-bond acceptors (Lipinski definition) is 6. The summed E-state index contributed by atoms with van der Waals surface area (Å²) in [6, 6.07) is 14.0. The predicted octanol–water partition coefficient (Wildman–Crippen LogP) is 2.77. The summed E-state index contributed by atoms with van der Waals surface area (Å²) >= 11 is 6.49. The minimum Gasteiger partial charge on any atom is -0.497 e. The Morgan fingerprint density at radius 2 is 1.78 bits per heavy atom. The molecule has 2 aromatic carbocycles. The quantitative estimate of drug-likeness (QED) is 0.633. The molecule has 0 aliphatic carbocycles. The van der Waals surface area contributed by atoms with Crippen molar-refractivity contribution in [3.63, 3.8) is 0 Å². The zero-order valence-electron chi connectivity index (χ0n) is 14.2. The van der Waals surface area contributed by atoms with E-state index in [0.29, 0.717) is 27.0 Å². The van der Waals surface area contributed by atoms with Crippen LogP contribution in [-0.2, 0) is 9.59 Å². The highest BCUT2D eigenvalue weighted by molar-refractivity contribution is 8.27. The van der Waals surface area contributed by atoms with Gasteiger partial charge in [0, 0.05) is 5.56 Å². The van der Waals surface area contributed by atoms with Crippen LogP contribution in [0.25, 0.3) is 5.57 Å². The molecule has 0 bridgehead atoms. The number of carbonyl (C=O) groups excluding carboxylic acids is 2. The molecule has 0 unspecified atom stereocenters. The van der Waals surface area contributed by atoms with Crippen LogP contribution < -0.4 is 14.5 Å². The molecule has 8 heteroatoms. The van der Waals surface area contributed by atoms with Crippen molar-refractivity contribution in [2.24, 2.45) is 0 Å². The Morgan fingerprint density at radius 1 is 1.07 bits per heavy atom. The fourth-order valence-electron chi connectivity index (χ4n) is 3.11. The molecule has 2 aromatic rings. The first-order valence-corrected chi connectivity index (χ1v) is 9.26. The Balaban J connectivity index is 1.80. The number of methoxy groups -OCH3 is 1. The fraction of sp³-hybridized carbons (Fsp3) is 0.105. The summed E-state index contributed by atoms with van der Waals surface area (Å²) in [6.07, 6.45) is 0. The standard InChI is InChI=1S/C19H14N2O4S2/c1-25-12-8-6-11(7-9-12)21-18(24)16(27-19(21)26)15-13-4-2-3-5-14(13)20(10-22)17(15)23/h2-9,22H,10H2,1H3. The van der Waals surface area contributed by atoms with Gasteiger partial charge in [0.25, 0.3) is 11.8 Å². The van der Waals surface area contributed by atoms with Gasteiger partial charge in [-0.05, 0) is 30.3 Å². The van der Waals surface area contributed by atoms with E-state index in [1.54, 1.807) is 55.6 Å². The zero-order valence-corrected chi connectivity index (χ0v) is 15.8. The third kappa shape index (κ3) is 2.73. The molecule has 1 fully saturated rings. The largest absolute Gasteiger partial charge is 0.497 e. The lowest BCUT2D eigenvalue weighted by Gasteiger charge is -2.15. The van der Waals surface area contributed by atoms with Crippen molar-refractivity contribution in [1.29, 1.82) is 0 Å². The lowest BCUT2D eigenvalue weighted by atomic mass is 10.1. The number of para-hydroxylation sites is 1. The monoisotopic (exact) mass is 398 g/mol. The Morgan fingerprint density at radius 3 is 2.44 bits per heavy atom. The summed E-state index contributed by atoms with van der Waals surface area (Å²) in [7, 11) is 1.56. The molecule has 2 amide bonds. The van der Waals surface area contributed by atoms with Crippen LogP contribution in [0.4, 0.5) is 11.4 Å². The van der Waals surface area contributed by atoms with E-state index < -0.39 is 12.6 Å². The molecule has 2 aliphatic rings. The number of nitrogens with zero attached hydrogens (tertiary/aromatic N) is 2. The number of hydrogen-bond donors (Lipinski definition) is 1. The van der Waals surface area contributed by atoms with Crippen LogP contribution in [-0.4, -0.2) is 35.1 Å². The molecule has 0 saturated carbocycles. The van der Waals surface area contributed by atoms with E-state index in [9.17, 15) is 14.7 Å². The van der Waals surface area contributed by atoms with Gasteiger partial charge in [-0.1, -0.05) is 42.2 Å². The first-order valence-electron chi connectivity index (χ1n) is 8.03. The molecule has 4 rings (SSSR count). The topological polar surface area (TPSA) is 70.1 Å². The number of carbonyl (C=O) groups is 2. The van der Waals surface area contributed by atoms with Crippen LogP contribution in [0.2, 0.25) is 0 Å². The normalized spacial score (nSPS) is 19.1. The maximum absolute atomic E-state index is 13.1. The van der Waals surface area contributed by atoms with Gasteiger partial charge in [0.1, 0.15) is 12.5 Å². The van der Waals surface area contributed by atoms with Gasteiger partial charge in [0.2, 0.25) is 0 Å². The van der Waals surface area contributed by atoms with E-state index in [1.807, 2.05) is 0 Å². The molecular weight excluding hydrogens is 384 g/mol. The fourth-order valence-corrected chi connectivity index (χ4v) is 4.48. The molecule has 1 N–H and O–H groups in total. The summed E-state index contributed by atoms with van der Waals surface area (Å²) < 4.78 is 5.49. The van der Waals surface area contributed by atoms with E-state index in [0.717, 1.165) is 11.8 Å². The number of benzene rings is 2. The molecule has 2 aliphatic heterocycles. The average Bonchev–Trinajstić information content (AvgIpc) is 3.13. The first kappa shape index (κ1) is 17.7. The Kier molecular flexibility index (Phi) is 4.47. The van der Waals surface area contributed by atoms with Crippen molar-refractivity contribution in [3.8, 4) is 5.75 Å². The number of thioether (sulfide) groups is 1. The molecule has 0 radical (unpaired) electrons. The van der Waals surface area contributed by atoms with Crippen molar-refractivity contribution < 1.29 is 19.4 Å². The second-order valence-electron chi connectivity index (χ2n) is 5.80. The number of amides is 2. The number of thiocarbonyl (C=S) groups is 1. The van der Waals surface area contributed by atoms with Gasteiger partial charge in [-0.2, -0.15) is 0 Å². The van der Waals surface area contributed by atoms with Crippen molar-refractivity contribution in [3.05, 3.63) is 59.0 Å². The number of aliphatic hydroxyl groups excluding tert-OH is 1. The molecule has 1 saturated heterocycles. The average molecular weight is 398 g/mol. The highest BCUT2D eigenvalue weighted by Gasteiger charge is 2.42. The van der Waals surface area contributed by atoms with Crippen molar-refractivity contribution in [2.75, 3.05) is 23.6 Å². The molecule has 136 valence electrons. The van der Waals surface area contributed by atoms with Crippen molar-refractivity contribution in [1.82, 2.24) is 0 Å². The third-order valence-corrected chi connectivity index (χ3v) is 5.76. The number of rotatable bonds is 3. The lowest BCUT2D eigenvalue weighted by molar-refractivity contribution is -0.115. The van der Waals surface area contributed by atoms with Crippen molar-refractivity contribution in [2.45, 2.75) is 0 Å². The molecule has 0 aromatic heterocycles. The number of anilines is 2. The molecular formula is C19H14N2O4S2. The Hall–Kier alpha value is -2.68. The van der Waals surface area contributed by atoms with Crippen molar-refractivity contribution >= 4 is 57.1 Å². The van der Waals surface area contributed by atoms with E-state index >= 15 is 0 Å². The second-order valence-corrected chi connectivity index (χ2v) is 7.45. The van der Waals surface area contributed by atoms with E-state index in [1.165, 1.54) is 9.80 Å². The summed E-state index contributed by atoms with van der Waals surface area (Å²) in [4.78, 5) is 28.8. The Bertz CT molecular complexity index is 1000. The van der Waals surface area contributed by atoms with Gasteiger partial charge in [0.15, 0.2) is 4.32 Å². The van der Waals surface area contributed by atoms with Gasteiger partial charge in [-0.25, -0.2) is 0 Å². The van der Waals surface area contributed by atoms with Crippen LogP contribution in [0.3, 0.4) is 0 Å². The van der Waals surface area contributed by atoms with Crippen LogP contribution in [0, 0.1) is 0 Å². The predicted molar refractivity (Wildman–Crippen MR) is 109 cm³/mol. The lowest BCUT2D eigenvalue weighted by Crippen LogP contribution is -2.29. The van der Waals surface area contributed by atoms with E-state index in [4.69, 9.17) is 17.0 Å². The minimum absolute atomic E-state index is 0.268. The van der Waals surface area contributed by atoms with E-state index in [-0.39, 0.29) is 16.4 Å². The highest BCUT2D eigenvalue weighted by Crippen LogP contribution is 2.45. The zero-order chi connectivity index (χ0) is 19.1. The molecule has 27 heavy (non-hydrogen) atoms. The third-order valence-electron chi connectivity index (χ3n) is 4.39. The number of aliphatic hydroxyl groups is 1.